The smallest absolute Gasteiger partial charge is 0.286 e. The Kier molecular flexibility index (Phi) is 9.77. The predicted octanol–water partition coefficient (Wildman–Crippen LogP) is 3.22. The summed E-state index contributed by atoms with van der Waals surface area (Å²) in [6, 6.07) is 2.85. The Balaban J connectivity index is 1.71. The van der Waals surface area contributed by atoms with Crippen LogP contribution in [0.25, 0.3) is 0 Å². The molecule has 2 N–H and O–H groups in total. The summed E-state index contributed by atoms with van der Waals surface area (Å²) in [6.07, 6.45) is 5.04. The molecule has 1 fully saturated rings. The summed E-state index contributed by atoms with van der Waals surface area (Å²) in [5, 5.41) is 13.6. The number of carbonyl (C=O) groups is 3. The molecule has 0 spiro atoms. The molecule has 0 saturated heterocycles. The Morgan fingerprint density at radius 3 is 2.69 bits per heavy atom. The fourth-order valence-electron chi connectivity index (χ4n) is 4.22. The maximum Gasteiger partial charge on any atom is 0.286 e. The van der Waals surface area contributed by atoms with E-state index in [1.165, 1.54) is 30.0 Å². The number of halogens is 1. The Bertz CT molecular complexity index is 1070. The maximum absolute atomic E-state index is 13.8. The third kappa shape index (κ3) is 7.08. The molecule has 1 aromatic carbocycles. The maximum atomic E-state index is 13.8. The molecule has 0 radical (unpaired) electrons. The number of amides is 2. The Labute approximate surface area is 210 Å². The van der Waals surface area contributed by atoms with Gasteiger partial charge in [0.1, 0.15) is 5.82 Å². The van der Waals surface area contributed by atoms with E-state index in [-0.39, 0.29) is 22.9 Å². The zero-order valence-corrected chi connectivity index (χ0v) is 22.0. The minimum absolute atomic E-state index is 0.141. The van der Waals surface area contributed by atoms with Gasteiger partial charge in [-0.2, -0.15) is 0 Å². The van der Waals surface area contributed by atoms with Crippen molar-refractivity contribution in [3.8, 4) is 0 Å². The summed E-state index contributed by atoms with van der Waals surface area (Å²) < 4.78 is 20.9. The second-order valence-electron chi connectivity index (χ2n) is 8.60. The Hall–Kier alpha value is -2.36. The van der Waals surface area contributed by atoms with Gasteiger partial charge in [0.25, 0.3) is 17.0 Å². The number of benzene rings is 1. The lowest BCUT2D eigenvalue weighted by Crippen LogP contribution is -2.51. The van der Waals surface area contributed by atoms with E-state index in [4.69, 9.17) is 4.42 Å². The van der Waals surface area contributed by atoms with Crippen molar-refractivity contribution in [2.45, 2.75) is 62.9 Å². The van der Waals surface area contributed by atoms with E-state index in [0.29, 0.717) is 36.9 Å². The second kappa shape index (κ2) is 12.6. The van der Waals surface area contributed by atoms with Crippen molar-refractivity contribution in [3.63, 3.8) is 0 Å². The summed E-state index contributed by atoms with van der Waals surface area (Å²) in [5.74, 6) is -2.15. The topological polar surface area (TPSA) is 117 Å². The van der Waals surface area contributed by atoms with Crippen LogP contribution in [0, 0.1) is 11.7 Å². The van der Waals surface area contributed by atoms with Crippen LogP contribution in [0.4, 0.5) is 4.39 Å². The highest BCUT2D eigenvalue weighted by Crippen LogP contribution is 2.26. The molecule has 9 nitrogen and oxygen atoms in total. The van der Waals surface area contributed by atoms with Gasteiger partial charge in [-0.3, -0.25) is 19.1 Å². The fraction of sp³-hybridized carbons (Fsp3) is 0.522. The van der Waals surface area contributed by atoms with Gasteiger partial charge in [-0.15, -0.1) is 10.2 Å². The summed E-state index contributed by atoms with van der Waals surface area (Å²) in [6.45, 7) is 2.15. The predicted molar refractivity (Wildman–Crippen MR) is 133 cm³/mol. The molecule has 1 aromatic heterocycles. The van der Waals surface area contributed by atoms with E-state index in [1.54, 1.807) is 24.9 Å². The first-order valence-electron chi connectivity index (χ1n) is 11.5. The monoisotopic (exact) mass is 523 g/mol. The van der Waals surface area contributed by atoms with Crippen LogP contribution in [-0.4, -0.2) is 57.9 Å². The molecule has 3 rings (SSSR count). The van der Waals surface area contributed by atoms with Gasteiger partial charge in [0, 0.05) is 18.2 Å². The largest absolute Gasteiger partial charge is 0.408 e. The molecule has 2 amide bonds. The molecule has 0 bridgehead atoms. The average molecular weight is 524 g/mol. The van der Waals surface area contributed by atoms with Crippen molar-refractivity contribution in [3.05, 3.63) is 41.0 Å². The first-order valence-corrected chi connectivity index (χ1v) is 13.2. The Morgan fingerprint density at radius 2 is 2.03 bits per heavy atom. The van der Waals surface area contributed by atoms with E-state index in [2.05, 4.69) is 30.2 Å². The molecule has 12 heteroatoms. The lowest BCUT2D eigenvalue weighted by Gasteiger charge is -2.32. The van der Waals surface area contributed by atoms with Gasteiger partial charge in [0.15, 0.2) is 0 Å². The van der Waals surface area contributed by atoms with E-state index in [0.717, 1.165) is 12.8 Å². The first-order chi connectivity index (χ1) is 16.7. The standard InChI is InChI=1S/C23H31FN5O4PS/c1-4-17(19(30)22-27-28-23(33-22)35-3)25-21(32)16-7-5-6-8-18(16)26-20(31)15-10-9-14(24)11-13(15)12-29(2)34/h9-11,16-18H,4-8,12,34H2,1-3H3,(H,25,32)(H,26,31)/t16-,17?,18+/m1/s1. The number of nitrogens with one attached hydrogen (secondary N) is 2. The molecular formula is C23H31FN5O4PS. The molecular weight excluding hydrogens is 492 g/mol. The highest BCUT2D eigenvalue weighted by Gasteiger charge is 2.35. The van der Waals surface area contributed by atoms with Crippen LogP contribution < -0.4 is 10.6 Å². The number of hydrogen-bond donors (Lipinski definition) is 2. The van der Waals surface area contributed by atoms with Crippen molar-refractivity contribution >= 4 is 38.8 Å². The SMILES string of the molecule is CCC(NC(=O)[C@@H]1CCCC[C@@H]1NC(=O)c1ccc(F)cc1CN(C)P)C(=O)c1nnc(SC)o1. The molecule has 1 saturated carbocycles. The van der Waals surface area contributed by atoms with Gasteiger partial charge in [-0.25, -0.2) is 4.39 Å². The number of thioether (sulfide) groups is 1. The number of rotatable bonds is 10. The molecule has 0 aliphatic heterocycles. The molecule has 2 unspecified atom stereocenters. The van der Waals surface area contributed by atoms with E-state index >= 15 is 0 Å². The number of aromatic nitrogens is 2. The third-order valence-electron chi connectivity index (χ3n) is 5.98. The summed E-state index contributed by atoms with van der Waals surface area (Å²) in [4.78, 5) is 39.1. The molecule has 2 aromatic rings. The van der Waals surface area contributed by atoms with Crippen molar-refractivity contribution in [2.24, 2.45) is 5.92 Å². The van der Waals surface area contributed by atoms with Crippen LogP contribution in [-0.2, 0) is 11.3 Å². The van der Waals surface area contributed by atoms with Crippen LogP contribution in [0.2, 0.25) is 0 Å². The molecule has 1 aliphatic carbocycles. The highest BCUT2D eigenvalue weighted by molar-refractivity contribution is 7.98. The molecule has 1 aliphatic rings. The first kappa shape index (κ1) is 27.2. The van der Waals surface area contributed by atoms with Crippen LogP contribution in [0.15, 0.2) is 27.8 Å². The number of carbonyl (C=O) groups excluding carboxylic acids is 3. The van der Waals surface area contributed by atoms with Crippen molar-refractivity contribution in [1.29, 1.82) is 0 Å². The van der Waals surface area contributed by atoms with Crippen molar-refractivity contribution < 1.29 is 23.2 Å². The quantitative estimate of drug-likeness (QED) is 0.277. The number of nitrogens with zero attached hydrogens (tertiary/aromatic N) is 3. The lowest BCUT2D eigenvalue weighted by molar-refractivity contribution is -0.127. The fourth-order valence-corrected chi connectivity index (χ4v) is 4.70. The van der Waals surface area contributed by atoms with E-state index in [9.17, 15) is 18.8 Å². The van der Waals surface area contributed by atoms with Gasteiger partial charge < -0.3 is 15.1 Å². The van der Waals surface area contributed by atoms with Gasteiger partial charge in [0.05, 0.1) is 12.0 Å². The molecule has 35 heavy (non-hydrogen) atoms. The summed E-state index contributed by atoms with van der Waals surface area (Å²) in [5.41, 5.74) is 0.922. The van der Waals surface area contributed by atoms with Crippen LogP contribution >= 0.6 is 21.2 Å². The van der Waals surface area contributed by atoms with E-state index < -0.39 is 29.6 Å². The zero-order chi connectivity index (χ0) is 25.5. The zero-order valence-electron chi connectivity index (χ0n) is 20.0. The van der Waals surface area contributed by atoms with Crippen LogP contribution in [0.3, 0.4) is 0 Å². The van der Waals surface area contributed by atoms with Crippen LogP contribution in [0.1, 0.15) is 65.6 Å². The van der Waals surface area contributed by atoms with Gasteiger partial charge >= 0.3 is 0 Å². The molecule has 190 valence electrons. The van der Waals surface area contributed by atoms with Crippen LogP contribution in [0.5, 0.6) is 0 Å². The van der Waals surface area contributed by atoms with Gasteiger partial charge in [-0.1, -0.05) is 40.9 Å². The Morgan fingerprint density at radius 1 is 1.29 bits per heavy atom. The van der Waals surface area contributed by atoms with E-state index in [1.807, 2.05) is 0 Å². The van der Waals surface area contributed by atoms with Gasteiger partial charge in [0.2, 0.25) is 11.7 Å². The normalized spacial score (nSPS) is 18.8. The van der Waals surface area contributed by atoms with Gasteiger partial charge in [-0.05, 0) is 56.3 Å². The molecule has 4 atom stereocenters. The number of ketones is 1. The number of Topliss-reactive ketones (excluding diaryl/α,β-unsaturated/α-hetero) is 1. The third-order valence-corrected chi connectivity index (χ3v) is 6.68. The second-order valence-corrected chi connectivity index (χ2v) is 10.2. The minimum Gasteiger partial charge on any atom is -0.408 e. The lowest BCUT2D eigenvalue weighted by atomic mass is 9.83. The summed E-state index contributed by atoms with van der Waals surface area (Å²) >= 11 is 1.23. The van der Waals surface area contributed by atoms with Crippen molar-refractivity contribution in [1.82, 2.24) is 25.5 Å². The molecule has 1 heterocycles. The summed E-state index contributed by atoms with van der Waals surface area (Å²) in [7, 11) is 4.29. The minimum atomic E-state index is -0.808. The highest BCUT2D eigenvalue weighted by atomic mass is 32.2. The van der Waals surface area contributed by atoms with Crippen molar-refractivity contribution in [2.75, 3.05) is 13.3 Å². The average Bonchev–Trinajstić information content (AvgIpc) is 3.31. The number of hydrogen-bond acceptors (Lipinski definition) is 8.